The number of aromatic nitrogens is 2. The van der Waals surface area contributed by atoms with E-state index in [2.05, 4.69) is 6.07 Å². The third kappa shape index (κ3) is 5.39. The summed E-state index contributed by atoms with van der Waals surface area (Å²) in [6.07, 6.45) is 7.19. The van der Waals surface area contributed by atoms with Crippen molar-refractivity contribution in [1.82, 2.24) is 0 Å². The molecule has 3 rings (SSSR count). The molecule has 2 aromatic heterocycles. The number of halogens is 2. The average molecular weight is 438 g/mol. The van der Waals surface area contributed by atoms with E-state index in [0.717, 1.165) is 16.8 Å². The summed E-state index contributed by atoms with van der Waals surface area (Å²) in [6.45, 7) is 1.49. The number of nitrogens with zero attached hydrogens (tertiary/aromatic N) is 3. The fourth-order valence-electron chi connectivity index (χ4n) is 2.55. The van der Waals surface area contributed by atoms with Crippen LogP contribution >= 0.6 is 7.60 Å². The maximum absolute atomic E-state index is 11.4. The molecule has 0 bridgehead atoms. The second-order valence-electron chi connectivity index (χ2n) is 5.91. The Morgan fingerprint density at radius 2 is 1.36 bits per heavy atom. The lowest BCUT2D eigenvalue weighted by molar-refractivity contribution is -0.701. The van der Waals surface area contributed by atoms with Gasteiger partial charge < -0.3 is 34.6 Å². The number of hydrogen-bond donors (Lipinski definition) is 2. The molecule has 0 saturated carbocycles. The van der Waals surface area contributed by atoms with Gasteiger partial charge in [0.25, 0.3) is 5.78 Å². The SMILES string of the molecule is CC([n+]1ccc(-c2cc[n+](-c3ccc(C#N)cc3)cc2)cc1)P(=O)(O)O.[Cl-].[Cl-]. The summed E-state index contributed by atoms with van der Waals surface area (Å²) in [4.78, 5) is 18.5. The molecule has 2 heterocycles. The largest absolute Gasteiger partial charge is 1.00 e. The van der Waals surface area contributed by atoms with Gasteiger partial charge in [0.1, 0.15) is 0 Å². The van der Waals surface area contributed by atoms with Crippen LogP contribution in [0, 0.1) is 11.3 Å². The van der Waals surface area contributed by atoms with Crippen LogP contribution in [0.1, 0.15) is 18.3 Å². The van der Waals surface area contributed by atoms with Gasteiger partial charge in [0, 0.05) is 43.3 Å². The zero-order valence-electron chi connectivity index (χ0n) is 14.9. The molecule has 0 radical (unpaired) electrons. The van der Waals surface area contributed by atoms with Gasteiger partial charge in [-0.25, -0.2) is 0 Å². The van der Waals surface area contributed by atoms with Crippen molar-refractivity contribution in [2.75, 3.05) is 0 Å². The van der Waals surface area contributed by atoms with Crippen LogP contribution in [-0.2, 0) is 4.57 Å². The third-order valence-corrected chi connectivity index (χ3v) is 5.47. The van der Waals surface area contributed by atoms with Crippen molar-refractivity contribution in [3.8, 4) is 22.9 Å². The van der Waals surface area contributed by atoms with E-state index in [4.69, 9.17) is 5.26 Å². The zero-order chi connectivity index (χ0) is 18.7. The van der Waals surface area contributed by atoms with Gasteiger partial charge in [-0.05, 0) is 23.3 Å². The van der Waals surface area contributed by atoms with Crippen LogP contribution in [0.15, 0.2) is 73.3 Å². The lowest BCUT2D eigenvalue weighted by Gasteiger charge is -2.09. The Hall–Kier alpha value is -2.26. The predicted molar refractivity (Wildman–Crippen MR) is 95.1 cm³/mol. The summed E-state index contributed by atoms with van der Waals surface area (Å²) >= 11 is 0. The summed E-state index contributed by atoms with van der Waals surface area (Å²) in [6, 6.07) is 17.0. The van der Waals surface area contributed by atoms with Crippen LogP contribution in [0.4, 0.5) is 0 Å². The smallest absolute Gasteiger partial charge is 0.392 e. The molecule has 146 valence electrons. The molecule has 9 heteroatoms. The topological polar surface area (TPSA) is 89.1 Å². The van der Waals surface area contributed by atoms with Crippen molar-refractivity contribution in [2.45, 2.75) is 12.7 Å². The standard InChI is InChI=1S/C19H16N3O3P.2ClH/c1-15(26(23,24)25)21-10-6-17(7-11-21)18-8-12-22(13-9-18)19-4-2-16(14-20)3-5-19;;/h2-13,15H,1H3;2*1H. The fraction of sp³-hybridized carbons (Fsp3) is 0.105. The molecule has 0 amide bonds. The average Bonchev–Trinajstić information content (AvgIpc) is 2.67. The Morgan fingerprint density at radius 1 is 0.893 bits per heavy atom. The summed E-state index contributed by atoms with van der Waals surface area (Å²) in [5.74, 6) is -0.897. The molecule has 3 aromatic rings. The van der Waals surface area contributed by atoms with Crippen LogP contribution in [0.3, 0.4) is 0 Å². The van der Waals surface area contributed by atoms with Gasteiger partial charge in [0.05, 0.1) is 11.6 Å². The van der Waals surface area contributed by atoms with Gasteiger partial charge in [-0.1, -0.05) is 0 Å². The molecule has 0 aliphatic carbocycles. The van der Waals surface area contributed by atoms with Gasteiger partial charge in [-0.3, -0.25) is 4.57 Å². The lowest BCUT2D eigenvalue weighted by Crippen LogP contribution is -3.00. The van der Waals surface area contributed by atoms with Crippen LogP contribution < -0.4 is 33.9 Å². The van der Waals surface area contributed by atoms with E-state index in [0.29, 0.717) is 5.56 Å². The second-order valence-corrected chi connectivity index (χ2v) is 7.83. The Morgan fingerprint density at radius 3 is 1.79 bits per heavy atom. The van der Waals surface area contributed by atoms with Crippen molar-refractivity contribution < 1.29 is 48.3 Å². The number of nitriles is 1. The molecule has 28 heavy (non-hydrogen) atoms. The summed E-state index contributed by atoms with van der Waals surface area (Å²) in [7, 11) is -4.17. The predicted octanol–water partition coefficient (Wildman–Crippen LogP) is -3.51. The van der Waals surface area contributed by atoms with Crippen LogP contribution in [0.25, 0.3) is 16.8 Å². The number of pyridine rings is 2. The molecule has 2 N–H and O–H groups in total. The Balaban J connectivity index is 0.00000196. The quantitative estimate of drug-likeness (QED) is 0.327. The van der Waals surface area contributed by atoms with Gasteiger partial charge in [-0.15, -0.1) is 0 Å². The Kier molecular flexibility index (Phi) is 8.31. The minimum Gasteiger partial charge on any atom is -1.00 e. The van der Waals surface area contributed by atoms with Crippen LogP contribution in [0.2, 0.25) is 0 Å². The van der Waals surface area contributed by atoms with Crippen molar-refractivity contribution in [2.24, 2.45) is 0 Å². The number of benzene rings is 1. The monoisotopic (exact) mass is 437 g/mol. The van der Waals surface area contributed by atoms with E-state index >= 15 is 0 Å². The first-order chi connectivity index (χ1) is 12.4. The normalized spacial score (nSPS) is 11.5. The second kappa shape index (κ2) is 9.79. The third-order valence-electron chi connectivity index (χ3n) is 4.23. The van der Waals surface area contributed by atoms with Gasteiger partial charge in [0.2, 0.25) is 5.69 Å². The maximum atomic E-state index is 11.4. The van der Waals surface area contributed by atoms with E-state index in [9.17, 15) is 14.4 Å². The molecule has 1 atom stereocenters. The first kappa shape index (κ1) is 23.8. The summed E-state index contributed by atoms with van der Waals surface area (Å²) < 4.78 is 14.8. The molecule has 0 aliphatic heterocycles. The molecular weight excluding hydrogens is 420 g/mol. The van der Waals surface area contributed by atoms with Crippen LogP contribution in [0.5, 0.6) is 0 Å². The molecule has 0 saturated heterocycles. The van der Waals surface area contributed by atoms with Gasteiger partial charge in [-0.2, -0.15) is 14.4 Å². The highest BCUT2D eigenvalue weighted by atomic mass is 35.5. The van der Waals surface area contributed by atoms with E-state index < -0.39 is 13.4 Å². The fourth-order valence-corrected chi connectivity index (χ4v) is 3.05. The highest BCUT2D eigenvalue weighted by Crippen LogP contribution is 2.45. The Labute approximate surface area is 175 Å². The minimum atomic E-state index is -4.17. The van der Waals surface area contributed by atoms with Crippen molar-refractivity contribution >= 4 is 7.60 Å². The van der Waals surface area contributed by atoms with Crippen molar-refractivity contribution in [3.05, 3.63) is 78.9 Å². The molecule has 0 fully saturated rings. The van der Waals surface area contributed by atoms with E-state index in [-0.39, 0.29) is 24.8 Å². The maximum Gasteiger partial charge on any atom is 0.392 e. The molecule has 1 aromatic carbocycles. The van der Waals surface area contributed by atoms with E-state index in [1.54, 1.807) is 24.5 Å². The van der Waals surface area contributed by atoms with E-state index in [1.807, 2.05) is 53.4 Å². The molecular formula is C19H18Cl2N3O3P. The first-order valence-electron chi connectivity index (χ1n) is 7.97. The van der Waals surface area contributed by atoms with E-state index in [1.165, 1.54) is 11.5 Å². The number of rotatable bonds is 4. The number of hydrogen-bond acceptors (Lipinski definition) is 2. The molecule has 0 spiro atoms. The zero-order valence-corrected chi connectivity index (χ0v) is 17.3. The van der Waals surface area contributed by atoms with Crippen molar-refractivity contribution in [3.63, 3.8) is 0 Å². The highest BCUT2D eigenvalue weighted by molar-refractivity contribution is 7.51. The molecule has 1 unspecified atom stereocenters. The minimum absolute atomic E-state index is 0. The highest BCUT2D eigenvalue weighted by Gasteiger charge is 2.32. The molecule has 6 nitrogen and oxygen atoms in total. The van der Waals surface area contributed by atoms with Gasteiger partial charge in [0.15, 0.2) is 24.8 Å². The van der Waals surface area contributed by atoms with Crippen molar-refractivity contribution in [1.29, 1.82) is 5.26 Å². The summed E-state index contributed by atoms with van der Waals surface area (Å²) in [5, 5.41) is 8.86. The first-order valence-corrected chi connectivity index (χ1v) is 9.65. The van der Waals surface area contributed by atoms with Gasteiger partial charge >= 0.3 is 7.60 Å². The van der Waals surface area contributed by atoms with Crippen LogP contribution in [-0.4, -0.2) is 9.79 Å². The lowest BCUT2D eigenvalue weighted by atomic mass is 10.1. The molecule has 0 aliphatic rings. The Bertz CT molecular complexity index is 999. The summed E-state index contributed by atoms with van der Waals surface area (Å²) in [5.41, 5.74) is 3.52.